The SMILES string of the molecule is CCOc1cc(/C(N)=N/O)ccc1OC1CCCCCC1. The summed E-state index contributed by atoms with van der Waals surface area (Å²) >= 11 is 0. The summed E-state index contributed by atoms with van der Waals surface area (Å²) in [4.78, 5) is 0. The molecule has 1 aliphatic carbocycles. The maximum Gasteiger partial charge on any atom is 0.170 e. The Hall–Kier alpha value is -1.91. The Morgan fingerprint density at radius 2 is 1.95 bits per heavy atom. The summed E-state index contributed by atoms with van der Waals surface area (Å²) in [5, 5.41) is 11.8. The highest BCUT2D eigenvalue weighted by Gasteiger charge is 2.17. The molecular formula is C16H24N2O3. The Bertz CT molecular complexity index is 480. The fourth-order valence-electron chi connectivity index (χ4n) is 2.63. The molecule has 5 heteroatoms. The average Bonchev–Trinajstić information content (AvgIpc) is 2.77. The van der Waals surface area contributed by atoms with Gasteiger partial charge >= 0.3 is 0 Å². The third-order valence-electron chi connectivity index (χ3n) is 3.74. The fraction of sp³-hybridized carbons (Fsp3) is 0.562. The van der Waals surface area contributed by atoms with E-state index in [-0.39, 0.29) is 11.9 Å². The van der Waals surface area contributed by atoms with Crippen LogP contribution in [0.15, 0.2) is 23.4 Å². The molecule has 0 unspecified atom stereocenters. The maximum atomic E-state index is 8.76. The number of rotatable bonds is 5. The van der Waals surface area contributed by atoms with Gasteiger partial charge in [0.2, 0.25) is 0 Å². The Balaban J connectivity index is 2.17. The highest BCUT2D eigenvalue weighted by molar-refractivity contribution is 5.97. The van der Waals surface area contributed by atoms with Gasteiger partial charge in [-0.05, 0) is 50.8 Å². The molecule has 2 rings (SSSR count). The van der Waals surface area contributed by atoms with E-state index >= 15 is 0 Å². The topological polar surface area (TPSA) is 77.1 Å². The van der Waals surface area contributed by atoms with Crippen LogP contribution in [0.3, 0.4) is 0 Å². The van der Waals surface area contributed by atoms with Crippen molar-refractivity contribution in [2.45, 2.75) is 51.6 Å². The number of amidine groups is 1. The van der Waals surface area contributed by atoms with Crippen molar-refractivity contribution in [3.63, 3.8) is 0 Å². The van der Waals surface area contributed by atoms with Gasteiger partial charge in [-0.2, -0.15) is 0 Å². The van der Waals surface area contributed by atoms with Gasteiger partial charge in [-0.25, -0.2) is 0 Å². The first-order chi connectivity index (χ1) is 10.2. The van der Waals surface area contributed by atoms with Crippen molar-refractivity contribution in [2.75, 3.05) is 6.61 Å². The van der Waals surface area contributed by atoms with E-state index in [0.29, 0.717) is 17.9 Å². The predicted octanol–water partition coefficient (Wildman–Crippen LogP) is 3.28. The van der Waals surface area contributed by atoms with Crippen LogP contribution in [-0.2, 0) is 0 Å². The van der Waals surface area contributed by atoms with Crippen LogP contribution in [0.1, 0.15) is 51.0 Å². The second-order valence-electron chi connectivity index (χ2n) is 5.31. The average molecular weight is 292 g/mol. The lowest BCUT2D eigenvalue weighted by Gasteiger charge is -2.19. The second kappa shape index (κ2) is 7.76. The molecule has 5 nitrogen and oxygen atoms in total. The molecule has 0 atom stereocenters. The van der Waals surface area contributed by atoms with Gasteiger partial charge in [0.25, 0.3) is 0 Å². The Kier molecular flexibility index (Phi) is 5.72. The summed E-state index contributed by atoms with van der Waals surface area (Å²) in [5.41, 5.74) is 6.24. The van der Waals surface area contributed by atoms with E-state index in [1.54, 1.807) is 12.1 Å². The molecule has 21 heavy (non-hydrogen) atoms. The van der Waals surface area contributed by atoms with E-state index in [9.17, 15) is 0 Å². The fourth-order valence-corrected chi connectivity index (χ4v) is 2.63. The Morgan fingerprint density at radius 3 is 2.57 bits per heavy atom. The molecule has 0 aliphatic heterocycles. The monoisotopic (exact) mass is 292 g/mol. The molecule has 1 aliphatic rings. The second-order valence-corrected chi connectivity index (χ2v) is 5.31. The minimum absolute atomic E-state index is 0.0666. The number of oxime groups is 1. The Labute approximate surface area is 125 Å². The maximum absolute atomic E-state index is 8.76. The first kappa shape index (κ1) is 15.5. The lowest BCUT2D eigenvalue weighted by molar-refractivity contribution is 0.173. The van der Waals surface area contributed by atoms with Gasteiger partial charge < -0.3 is 20.4 Å². The van der Waals surface area contributed by atoms with Crippen molar-refractivity contribution in [1.82, 2.24) is 0 Å². The minimum atomic E-state index is 0.0666. The van der Waals surface area contributed by atoms with Crippen molar-refractivity contribution in [2.24, 2.45) is 10.9 Å². The summed E-state index contributed by atoms with van der Waals surface area (Å²) in [6.07, 6.45) is 7.46. The third kappa shape index (κ3) is 4.28. The van der Waals surface area contributed by atoms with Gasteiger partial charge in [0.05, 0.1) is 12.7 Å². The van der Waals surface area contributed by atoms with Crippen LogP contribution in [0, 0.1) is 0 Å². The minimum Gasteiger partial charge on any atom is -0.490 e. The van der Waals surface area contributed by atoms with Crippen LogP contribution in [0.2, 0.25) is 0 Å². The largest absolute Gasteiger partial charge is 0.490 e. The highest BCUT2D eigenvalue weighted by atomic mass is 16.5. The summed E-state index contributed by atoms with van der Waals surface area (Å²) < 4.78 is 11.7. The summed E-state index contributed by atoms with van der Waals surface area (Å²) in [5.74, 6) is 1.45. The predicted molar refractivity (Wildman–Crippen MR) is 82.2 cm³/mol. The van der Waals surface area contributed by atoms with Crippen molar-refractivity contribution >= 4 is 5.84 Å². The van der Waals surface area contributed by atoms with E-state index < -0.39 is 0 Å². The summed E-state index contributed by atoms with van der Waals surface area (Å²) in [6, 6.07) is 5.37. The van der Waals surface area contributed by atoms with Gasteiger partial charge in [-0.3, -0.25) is 0 Å². The van der Waals surface area contributed by atoms with Crippen LogP contribution < -0.4 is 15.2 Å². The van der Waals surface area contributed by atoms with E-state index in [0.717, 1.165) is 18.6 Å². The zero-order valence-corrected chi connectivity index (χ0v) is 12.5. The first-order valence-corrected chi connectivity index (χ1v) is 7.66. The van der Waals surface area contributed by atoms with Crippen LogP contribution in [0.4, 0.5) is 0 Å². The van der Waals surface area contributed by atoms with Crippen molar-refractivity contribution < 1.29 is 14.7 Å². The third-order valence-corrected chi connectivity index (χ3v) is 3.74. The highest BCUT2D eigenvalue weighted by Crippen LogP contribution is 2.32. The van der Waals surface area contributed by atoms with E-state index in [1.807, 2.05) is 13.0 Å². The molecular weight excluding hydrogens is 268 g/mol. The molecule has 0 bridgehead atoms. The van der Waals surface area contributed by atoms with Gasteiger partial charge in [-0.15, -0.1) is 0 Å². The summed E-state index contributed by atoms with van der Waals surface area (Å²) in [7, 11) is 0. The van der Waals surface area contributed by atoms with Crippen LogP contribution in [0.25, 0.3) is 0 Å². The van der Waals surface area contributed by atoms with Gasteiger partial charge in [0.1, 0.15) is 0 Å². The van der Waals surface area contributed by atoms with Crippen LogP contribution in [0.5, 0.6) is 11.5 Å². The number of nitrogens with two attached hydrogens (primary N) is 1. The molecule has 1 fully saturated rings. The molecule has 0 aromatic heterocycles. The van der Waals surface area contributed by atoms with Crippen LogP contribution >= 0.6 is 0 Å². The van der Waals surface area contributed by atoms with Crippen LogP contribution in [-0.4, -0.2) is 23.8 Å². The van der Waals surface area contributed by atoms with E-state index in [2.05, 4.69) is 5.16 Å². The molecule has 0 amide bonds. The zero-order valence-electron chi connectivity index (χ0n) is 12.5. The molecule has 0 radical (unpaired) electrons. The molecule has 1 aromatic carbocycles. The molecule has 116 valence electrons. The summed E-state index contributed by atoms with van der Waals surface area (Å²) in [6.45, 7) is 2.46. The normalized spacial score (nSPS) is 17.3. The number of nitrogens with zero attached hydrogens (tertiary/aromatic N) is 1. The van der Waals surface area contributed by atoms with E-state index in [1.165, 1.54) is 25.7 Å². The van der Waals surface area contributed by atoms with E-state index in [4.69, 9.17) is 20.4 Å². The lowest BCUT2D eigenvalue weighted by atomic mass is 10.1. The quantitative estimate of drug-likeness (QED) is 0.287. The van der Waals surface area contributed by atoms with Gasteiger partial charge in [-0.1, -0.05) is 18.0 Å². The number of benzene rings is 1. The van der Waals surface area contributed by atoms with Gasteiger partial charge in [0.15, 0.2) is 17.3 Å². The first-order valence-electron chi connectivity index (χ1n) is 7.66. The molecule has 3 N–H and O–H groups in total. The lowest BCUT2D eigenvalue weighted by Crippen LogP contribution is -2.17. The number of ether oxygens (including phenoxy) is 2. The Morgan fingerprint density at radius 1 is 1.24 bits per heavy atom. The zero-order chi connectivity index (χ0) is 15.1. The molecule has 1 aromatic rings. The smallest absolute Gasteiger partial charge is 0.170 e. The molecule has 1 saturated carbocycles. The molecule has 0 saturated heterocycles. The van der Waals surface area contributed by atoms with Gasteiger partial charge in [0, 0.05) is 5.56 Å². The standard InChI is InChI=1S/C16H24N2O3/c1-2-20-15-11-12(16(17)18-19)9-10-14(15)21-13-7-5-3-4-6-8-13/h9-11,13,19H,2-8H2,1H3,(H2,17,18). The number of hydrogen-bond acceptors (Lipinski definition) is 4. The van der Waals surface area contributed by atoms with Crippen molar-refractivity contribution in [1.29, 1.82) is 0 Å². The van der Waals surface area contributed by atoms with Crippen molar-refractivity contribution in [3.8, 4) is 11.5 Å². The van der Waals surface area contributed by atoms with Crippen molar-refractivity contribution in [3.05, 3.63) is 23.8 Å². The molecule has 0 heterocycles. The molecule has 0 spiro atoms. The number of hydrogen-bond donors (Lipinski definition) is 2.